The molecule has 1 saturated heterocycles. The molecular formula is C36H61N9O8. The molecule has 1 fully saturated rings. The van der Waals surface area contributed by atoms with Crippen molar-refractivity contribution in [2.24, 2.45) is 11.8 Å². The van der Waals surface area contributed by atoms with E-state index in [0.29, 0.717) is 50.9 Å². The van der Waals surface area contributed by atoms with Gasteiger partial charge in [0.05, 0.1) is 12.4 Å². The van der Waals surface area contributed by atoms with Gasteiger partial charge < -0.3 is 46.9 Å². The van der Waals surface area contributed by atoms with E-state index in [2.05, 4.69) is 41.9 Å². The number of likely N-dealkylation sites (N-methyl/N-ethyl adjacent to an activating group) is 1. The summed E-state index contributed by atoms with van der Waals surface area (Å²) in [6.07, 6.45) is 4.49. The van der Waals surface area contributed by atoms with E-state index in [1.807, 2.05) is 13.8 Å². The molecule has 0 unspecified atom stereocenters. The summed E-state index contributed by atoms with van der Waals surface area (Å²) in [5, 5.41) is 26.6. The molecule has 17 nitrogen and oxygen atoms in total. The van der Waals surface area contributed by atoms with E-state index in [0.717, 1.165) is 0 Å². The number of likely N-dealkylation sites (tertiary alicyclic amines) is 1. The number of hydrogen-bond donors (Lipinski definition) is 8. The Labute approximate surface area is 312 Å². The van der Waals surface area contributed by atoms with Crippen LogP contribution in [0.5, 0.6) is 0 Å². The van der Waals surface area contributed by atoms with Gasteiger partial charge in [-0.2, -0.15) is 0 Å². The number of imidazole rings is 1. The first-order valence-corrected chi connectivity index (χ1v) is 18.8. The quantitative estimate of drug-likeness (QED) is 0.0829. The van der Waals surface area contributed by atoms with Crippen molar-refractivity contribution in [2.45, 2.75) is 143 Å². The van der Waals surface area contributed by atoms with Gasteiger partial charge in [-0.15, -0.1) is 0 Å². The van der Waals surface area contributed by atoms with E-state index in [1.165, 1.54) is 31.3 Å². The SMILES string of the molecule is CCC[C@H](NC(=O)[C@@H](NC(=O)[C@H](NC(C)=O)[C@@H](C)CC)[C@@H](C)O)C(=O)N[C@H](C(=O)N[C@@H](Cc1cnc[nH]1)C(=O)N1CCC[C@H]1C(=O)NCC)[C@@H](C)CC. The number of hydrogen-bond acceptors (Lipinski definition) is 9. The van der Waals surface area contributed by atoms with Crippen molar-refractivity contribution in [3.05, 3.63) is 18.2 Å². The minimum absolute atomic E-state index is 0.0607. The highest BCUT2D eigenvalue weighted by molar-refractivity contribution is 5.97. The molecule has 2 heterocycles. The molecule has 0 aliphatic carbocycles. The van der Waals surface area contributed by atoms with Crippen molar-refractivity contribution < 1.29 is 38.7 Å². The third kappa shape index (κ3) is 13.1. The monoisotopic (exact) mass is 747 g/mol. The van der Waals surface area contributed by atoms with Gasteiger partial charge in [-0.25, -0.2) is 4.98 Å². The third-order valence-corrected chi connectivity index (χ3v) is 9.70. The molecule has 0 bridgehead atoms. The fourth-order valence-electron chi connectivity index (χ4n) is 6.22. The lowest BCUT2D eigenvalue weighted by Crippen LogP contribution is -2.62. The molecule has 17 heteroatoms. The van der Waals surface area contributed by atoms with Crippen molar-refractivity contribution in [1.82, 2.24) is 46.8 Å². The third-order valence-electron chi connectivity index (χ3n) is 9.70. The van der Waals surface area contributed by atoms with Crippen LogP contribution >= 0.6 is 0 Å². The van der Waals surface area contributed by atoms with Crippen molar-refractivity contribution in [3.8, 4) is 0 Å². The molecule has 2 rings (SSSR count). The van der Waals surface area contributed by atoms with Gasteiger partial charge in [0.15, 0.2) is 0 Å². The van der Waals surface area contributed by atoms with Crippen LogP contribution in [0, 0.1) is 11.8 Å². The zero-order valence-corrected chi connectivity index (χ0v) is 32.4. The molecule has 1 aliphatic rings. The fraction of sp³-hybridized carbons (Fsp3) is 0.722. The van der Waals surface area contributed by atoms with E-state index < -0.39 is 83.7 Å². The van der Waals surface area contributed by atoms with Crippen molar-refractivity contribution in [2.75, 3.05) is 13.1 Å². The summed E-state index contributed by atoms with van der Waals surface area (Å²) in [4.78, 5) is 101. The summed E-state index contributed by atoms with van der Waals surface area (Å²) < 4.78 is 0. The molecule has 53 heavy (non-hydrogen) atoms. The predicted molar refractivity (Wildman–Crippen MR) is 197 cm³/mol. The second-order valence-corrected chi connectivity index (χ2v) is 13.9. The minimum Gasteiger partial charge on any atom is -0.391 e. The summed E-state index contributed by atoms with van der Waals surface area (Å²) >= 11 is 0. The standard InChI is InChI=1S/C36H61N9O8/c1-9-14-25(41-35(52)30(22(7)46)44-34(51)28(20(5)10-2)40-23(8)47)31(48)43-29(21(6)11-3)33(50)42-26(17-24-18-37-19-39-24)36(53)45-16-13-15-27(45)32(49)38-12-4/h18-22,25-30,46H,9-17H2,1-8H3,(H,37,39)(H,38,49)(H,40,47)(H,41,52)(H,42,50)(H,43,48)(H,44,51)/t20-,21-,22+,25-,26-,27-,28+,29-,30-/m0/s1. The number of amides is 7. The van der Waals surface area contributed by atoms with Gasteiger partial charge in [0.2, 0.25) is 41.4 Å². The molecule has 1 aliphatic heterocycles. The van der Waals surface area contributed by atoms with Gasteiger partial charge >= 0.3 is 0 Å². The van der Waals surface area contributed by atoms with Crippen LogP contribution in [0.4, 0.5) is 0 Å². The van der Waals surface area contributed by atoms with Crippen LogP contribution in [0.2, 0.25) is 0 Å². The molecule has 8 N–H and O–H groups in total. The number of aromatic amines is 1. The van der Waals surface area contributed by atoms with Gasteiger partial charge in [-0.3, -0.25) is 33.6 Å². The van der Waals surface area contributed by atoms with Gasteiger partial charge in [0.1, 0.15) is 36.3 Å². The van der Waals surface area contributed by atoms with Gasteiger partial charge in [-0.05, 0) is 44.9 Å². The second-order valence-electron chi connectivity index (χ2n) is 13.9. The largest absolute Gasteiger partial charge is 0.391 e. The molecule has 0 spiro atoms. The number of rotatable bonds is 21. The van der Waals surface area contributed by atoms with E-state index >= 15 is 0 Å². The normalized spacial score (nSPS) is 18.6. The first kappa shape index (κ1) is 44.6. The minimum atomic E-state index is -1.45. The Kier molecular flexibility index (Phi) is 18.4. The average molecular weight is 748 g/mol. The van der Waals surface area contributed by atoms with Gasteiger partial charge in [-0.1, -0.05) is 53.9 Å². The topological polar surface area (TPSA) is 244 Å². The van der Waals surface area contributed by atoms with Gasteiger partial charge in [0.25, 0.3) is 0 Å². The van der Waals surface area contributed by atoms with Crippen LogP contribution in [0.1, 0.15) is 99.6 Å². The second kappa shape index (κ2) is 21.9. The maximum atomic E-state index is 14.0. The van der Waals surface area contributed by atoms with Crippen molar-refractivity contribution in [1.29, 1.82) is 0 Å². The lowest BCUT2D eigenvalue weighted by Gasteiger charge is -2.31. The van der Waals surface area contributed by atoms with E-state index in [4.69, 9.17) is 0 Å². The van der Waals surface area contributed by atoms with Crippen LogP contribution in [-0.4, -0.2) is 117 Å². The Morgan fingerprint density at radius 1 is 0.830 bits per heavy atom. The van der Waals surface area contributed by atoms with Crippen molar-refractivity contribution in [3.63, 3.8) is 0 Å². The lowest BCUT2D eigenvalue weighted by molar-refractivity contribution is -0.142. The highest BCUT2D eigenvalue weighted by atomic mass is 16.3. The Balaban J connectivity index is 2.30. The lowest BCUT2D eigenvalue weighted by atomic mass is 9.96. The Bertz CT molecular complexity index is 1390. The summed E-state index contributed by atoms with van der Waals surface area (Å²) in [5.41, 5.74) is 0.583. The van der Waals surface area contributed by atoms with E-state index in [-0.39, 0.29) is 24.7 Å². The highest BCUT2D eigenvalue weighted by Gasteiger charge is 2.40. The molecule has 0 aromatic carbocycles. The Morgan fingerprint density at radius 2 is 1.40 bits per heavy atom. The molecule has 7 amide bonds. The molecule has 1 aromatic heterocycles. The van der Waals surface area contributed by atoms with Crippen LogP contribution < -0.4 is 31.9 Å². The number of aromatic nitrogens is 2. The maximum Gasteiger partial charge on any atom is 0.246 e. The molecular weight excluding hydrogens is 686 g/mol. The maximum absolute atomic E-state index is 14.0. The summed E-state index contributed by atoms with van der Waals surface area (Å²) in [6, 6.07) is -6.42. The summed E-state index contributed by atoms with van der Waals surface area (Å²) in [5.74, 6) is -4.58. The number of carbonyl (C=O) groups excluding carboxylic acids is 7. The zero-order valence-electron chi connectivity index (χ0n) is 32.4. The predicted octanol–water partition coefficient (Wildman–Crippen LogP) is -0.204. The molecule has 0 radical (unpaired) electrons. The van der Waals surface area contributed by atoms with E-state index in [1.54, 1.807) is 27.7 Å². The van der Waals surface area contributed by atoms with Crippen LogP contribution in [0.3, 0.4) is 0 Å². The molecule has 298 valence electrons. The molecule has 9 atom stereocenters. The number of aliphatic hydroxyl groups excluding tert-OH is 1. The number of nitrogens with one attached hydrogen (secondary N) is 7. The van der Waals surface area contributed by atoms with E-state index in [9.17, 15) is 38.7 Å². The van der Waals surface area contributed by atoms with Crippen LogP contribution in [0.15, 0.2) is 12.5 Å². The first-order chi connectivity index (χ1) is 25.1. The number of nitrogens with zero attached hydrogens (tertiary/aromatic N) is 2. The fourth-order valence-corrected chi connectivity index (χ4v) is 6.22. The van der Waals surface area contributed by atoms with Crippen LogP contribution in [0.25, 0.3) is 0 Å². The molecule has 1 aromatic rings. The Morgan fingerprint density at radius 3 is 1.92 bits per heavy atom. The average Bonchev–Trinajstić information content (AvgIpc) is 3.83. The zero-order chi connectivity index (χ0) is 39.8. The number of carbonyl (C=O) groups is 7. The summed E-state index contributed by atoms with van der Waals surface area (Å²) in [7, 11) is 0. The van der Waals surface area contributed by atoms with Crippen molar-refractivity contribution >= 4 is 41.4 Å². The smallest absolute Gasteiger partial charge is 0.246 e. The Hall–Kier alpha value is -4.54. The number of aliphatic hydroxyl groups is 1. The first-order valence-electron chi connectivity index (χ1n) is 18.8. The van der Waals surface area contributed by atoms with Crippen LogP contribution in [-0.2, 0) is 40.0 Å². The summed E-state index contributed by atoms with van der Waals surface area (Å²) in [6.45, 7) is 14.2. The number of H-pyrrole nitrogens is 1. The highest BCUT2D eigenvalue weighted by Crippen LogP contribution is 2.20. The van der Waals surface area contributed by atoms with Gasteiger partial charge in [0, 0.05) is 38.3 Å². The molecule has 0 saturated carbocycles.